The summed E-state index contributed by atoms with van der Waals surface area (Å²) in [6, 6.07) is 20.6. The van der Waals surface area contributed by atoms with Crippen molar-refractivity contribution in [2.45, 2.75) is 0 Å². The van der Waals surface area contributed by atoms with Gasteiger partial charge in [-0.1, -0.05) is 48.0 Å². The van der Waals surface area contributed by atoms with E-state index in [0.29, 0.717) is 21.9 Å². The molecule has 0 radical (unpaired) electrons. The van der Waals surface area contributed by atoms with Crippen molar-refractivity contribution >= 4 is 29.4 Å². The highest BCUT2D eigenvalue weighted by Crippen LogP contribution is 2.35. The molecule has 4 nitrogen and oxygen atoms in total. The van der Waals surface area contributed by atoms with Crippen molar-refractivity contribution in [2.24, 2.45) is 0 Å². The number of hydrogen-bond donors (Lipinski definition) is 0. The van der Waals surface area contributed by atoms with Crippen molar-refractivity contribution in [2.75, 3.05) is 0 Å². The van der Waals surface area contributed by atoms with E-state index in [4.69, 9.17) is 21.1 Å². The van der Waals surface area contributed by atoms with Crippen molar-refractivity contribution in [1.29, 1.82) is 0 Å². The van der Waals surface area contributed by atoms with Crippen LogP contribution in [0.2, 0.25) is 5.02 Å². The summed E-state index contributed by atoms with van der Waals surface area (Å²) < 4.78 is 11.0. The summed E-state index contributed by atoms with van der Waals surface area (Å²) >= 11 is 5.90. The summed E-state index contributed by atoms with van der Waals surface area (Å²) in [5.41, 5.74) is 1.63. The maximum absolute atomic E-state index is 12.5. The van der Waals surface area contributed by atoms with E-state index in [1.54, 1.807) is 36.4 Å². The number of ketones is 1. The zero-order valence-corrected chi connectivity index (χ0v) is 14.8. The Bertz CT molecular complexity index is 1070. The summed E-state index contributed by atoms with van der Waals surface area (Å²) in [5.74, 6) is 0.129. The molecule has 0 atom stereocenters. The summed E-state index contributed by atoms with van der Waals surface area (Å²) in [5, 5.41) is 0.447. The van der Waals surface area contributed by atoms with E-state index in [2.05, 4.69) is 0 Å². The molecule has 1 aliphatic heterocycles. The van der Waals surface area contributed by atoms with Crippen LogP contribution in [0.1, 0.15) is 26.3 Å². The Morgan fingerprint density at radius 1 is 0.963 bits per heavy atom. The first-order valence-corrected chi connectivity index (χ1v) is 8.59. The second-order valence-corrected chi connectivity index (χ2v) is 6.34. The van der Waals surface area contributed by atoms with Gasteiger partial charge in [-0.2, -0.15) is 0 Å². The molecule has 0 unspecified atom stereocenters. The summed E-state index contributed by atoms with van der Waals surface area (Å²) in [4.78, 5) is 24.7. The maximum Gasteiger partial charge on any atom is 0.343 e. The van der Waals surface area contributed by atoms with Gasteiger partial charge in [-0.3, -0.25) is 4.79 Å². The minimum absolute atomic E-state index is 0.207. The Kier molecular flexibility index (Phi) is 4.48. The van der Waals surface area contributed by atoms with E-state index in [1.807, 2.05) is 30.3 Å². The Hall–Kier alpha value is -3.37. The average Bonchev–Trinajstić information content (AvgIpc) is 2.97. The maximum atomic E-state index is 12.5. The zero-order chi connectivity index (χ0) is 18.8. The van der Waals surface area contributed by atoms with Gasteiger partial charge in [-0.15, -0.1) is 0 Å². The van der Waals surface area contributed by atoms with Crippen LogP contribution in [0, 0.1) is 0 Å². The van der Waals surface area contributed by atoms with Gasteiger partial charge in [-0.05, 0) is 42.0 Å². The number of carbonyl (C=O) groups excluding carboxylic acids is 2. The Balaban J connectivity index is 1.56. The zero-order valence-electron chi connectivity index (χ0n) is 14.0. The molecule has 0 aromatic heterocycles. The van der Waals surface area contributed by atoms with Crippen molar-refractivity contribution in [1.82, 2.24) is 0 Å². The van der Waals surface area contributed by atoms with E-state index in [-0.39, 0.29) is 17.3 Å². The van der Waals surface area contributed by atoms with Gasteiger partial charge < -0.3 is 9.47 Å². The number of carbonyl (C=O) groups is 2. The van der Waals surface area contributed by atoms with Crippen LogP contribution < -0.4 is 9.47 Å². The summed E-state index contributed by atoms with van der Waals surface area (Å²) in [6.07, 6.45) is 1.68. The molecule has 4 rings (SSSR count). The van der Waals surface area contributed by atoms with Crippen LogP contribution in [0.15, 0.2) is 78.6 Å². The van der Waals surface area contributed by atoms with E-state index in [1.165, 1.54) is 12.1 Å². The van der Waals surface area contributed by atoms with E-state index in [9.17, 15) is 9.59 Å². The highest BCUT2D eigenvalue weighted by atomic mass is 35.5. The highest BCUT2D eigenvalue weighted by Gasteiger charge is 2.28. The minimum atomic E-state index is -0.540. The fourth-order valence-corrected chi connectivity index (χ4v) is 2.90. The molecule has 0 N–H and O–H groups in total. The first-order valence-electron chi connectivity index (χ1n) is 8.21. The van der Waals surface area contributed by atoms with E-state index >= 15 is 0 Å². The fourth-order valence-electron chi connectivity index (χ4n) is 2.71. The Morgan fingerprint density at radius 3 is 2.56 bits per heavy atom. The lowest BCUT2D eigenvalue weighted by Gasteiger charge is -2.06. The van der Waals surface area contributed by atoms with Crippen LogP contribution in [0.4, 0.5) is 0 Å². The molecule has 3 aromatic rings. The molecular weight excluding hydrogens is 364 g/mol. The topological polar surface area (TPSA) is 52.6 Å². The second kappa shape index (κ2) is 7.09. The predicted molar refractivity (Wildman–Crippen MR) is 102 cm³/mol. The van der Waals surface area contributed by atoms with Crippen molar-refractivity contribution in [3.63, 3.8) is 0 Å². The van der Waals surface area contributed by atoms with Gasteiger partial charge >= 0.3 is 5.97 Å². The van der Waals surface area contributed by atoms with Gasteiger partial charge in [0.15, 0.2) is 5.76 Å². The van der Waals surface area contributed by atoms with Gasteiger partial charge in [0, 0.05) is 11.1 Å². The molecule has 0 fully saturated rings. The molecule has 1 aliphatic rings. The number of esters is 1. The monoisotopic (exact) mass is 376 g/mol. The molecule has 0 saturated carbocycles. The van der Waals surface area contributed by atoms with Crippen LogP contribution >= 0.6 is 11.6 Å². The van der Waals surface area contributed by atoms with Crippen molar-refractivity contribution in [3.8, 4) is 11.5 Å². The SMILES string of the molecule is O=C(Oc1ccc2c(c1)O/C(=C\c1ccccc1)C2=O)c1cccc(Cl)c1. The number of benzene rings is 3. The van der Waals surface area contributed by atoms with Crippen molar-refractivity contribution in [3.05, 3.63) is 100 Å². The number of hydrogen-bond acceptors (Lipinski definition) is 4. The van der Waals surface area contributed by atoms with Gasteiger partial charge in [-0.25, -0.2) is 4.79 Å². The molecule has 0 amide bonds. The van der Waals surface area contributed by atoms with E-state index < -0.39 is 5.97 Å². The molecule has 27 heavy (non-hydrogen) atoms. The molecule has 0 saturated heterocycles. The standard InChI is InChI=1S/C22H13ClO4/c23-16-8-4-7-15(12-16)22(25)26-17-9-10-18-19(13-17)27-20(21(18)24)11-14-5-2-1-3-6-14/h1-13H/b20-11-. The predicted octanol–water partition coefficient (Wildman–Crippen LogP) is 5.18. The van der Waals surface area contributed by atoms with Gasteiger partial charge in [0.05, 0.1) is 11.1 Å². The number of halogens is 1. The molecule has 0 spiro atoms. The lowest BCUT2D eigenvalue weighted by atomic mass is 10.1. The number of ether oxygens (including phenoxy) is 2. The number of allylic oxidation sites excluding steroid dienone is 1. The number of Topliss-reactive ketones (excluding diaryl/α,β-unsaturated/α-hetero) is 1. The van der Waals surface area contributed by atoms with Crippen LogP contribution in [0.3, 0.4) is 0 Å². The largest absolute Gasteiger partial charge is 0.452 e. The number of rotatable bonds is 3. The van der Waals surface area contributed by atoms with E-state index in [0.717, 1.165) is 5.56 Å². The highest BCUT2D eigenvalue weighted by molar-refractivity contribution is 6.30. The normalized spacial score (nSPS) is 14.0. The van der Waals surface area contributed by atoms with Crippen LogP contribution in [-0.2, 0) is 0 Å². The molecule has 132 valence electrons. The number of fused-ring (bicyclic) bond motifs is 1. The first kappa shape index (κ1) is 17.1. The third kappa shape index (κ3) is 3.61. The lowest BCUT2D eigenvalue weighted by molar-refractivity contribution is 0.0734. The lowest BCUT2D eigenvalue weighted by Crippen LogP contribution is -2.08. The van der Waals surface area contributed by atoms with Gasteiger partial charge in [0.25, 0.3) is 0 Å². The smallest absolute Gasteiger partial charge is 0.343 e. The molecule has 3 aromatic carbocycles. The van der Waals surface area contributed by atoms with Crippen LogP contribution in [-0.4, -0.2) is 11.8 Å². The fraction of sp³-hybridized carbons (Fsp3) is 0. The molecule has 5 heteroatoms. The third-order valence-electron chi connectivity index (χ3n) is 4.01. The van der Waals surface area contributed by atoms with Crippen LogP contribution in [0.5, 0.6) is 11.5 Å². The first-order chi connectivity index (χ1) is 13.1. The Morgan fingerprint density at radius 2 is 1.78 bits per heavy atom. The van der Waals surface area contributed by atoms with Crippen LogP contribution in [0.25, 0.3) is 6.08 Å². The Labute approximate surface area is 160 Å². The molecule has 1 heterocycles. The average molecular weight is 377 g/mol. The second-order valence-electron chi connectivity index (χ2n) is 5.91. The molecular formula is C22H13ClO4. The molecule has 0 bridgehead atoms. The quantitative estimate of drug-likeness (QED) is 0.359. The van der Waals surface area contributed by atoms with Gasteiger partial charge in [0.1, 0.15) is 11.5 Å². The van der Waals surface area contributed by atoms with Crippen molar-refractivity contribution < 1.29 is 19.1 Å². The molecule has 0 aliphatic carbocycles. The van der Waals surface area contributed by atoms with Gasteiger partial charge in [0.2, 0.25) is 5.78 Å². The third-order valence-corrected chi connectivity index (χ3v) is 4.24. The summed E-state index contributed by atoms with van der Waals surface area (Å²) in [7, 11) is 0. The minimum Gasteiger partial charge on any atom is -0.452 e. The summed E-state index contributed by atoms with van der Waals surface area (Å²) in [6.45, 7) is 0.